The molecule has 184 valence electrons. The van der Waals surface area contributed by atoms with E-state index in [2.05, 4.69) is 15.3 Å². The smallest absolute Gasteiger partial charge is 0.433 e. The molecule has 13 heteroatoms. The van der Waals surface area contributed by atoms with Crippen molar-refractivity contribution in [3.8, 4) is 5.75 Å². The van der Waals surface area contributed by atoms with Crippen LogP contribution in [0.1, 0.15) is 20.9 Å². The maximum Gasteiger partial charge on any atom is 0.433 e. The maximum atomic E-state index is 13.0. The lowest BCUT2D eigenvalue weighted by Gasteiger charge is -2.27. The first-order valence-corrected chi connectivity index (χ1v) is 11.6. The normalized spacial score (nSPS) is 18.6. The second-order valence-corrected chi connectivity index (χ2v) is 9.21. The van der Waals surface area contributed by atoms with Gasteiger partial charge in [-0.15, -0.1) is 16.3 Å². The number of hydrogen-bond donors (Lipinski definition) is 2. The van der Waals surface area contributed by atoms with E-state index in [1.165, 1.54) is 11.1 Å². The molecule has 3 aliphatic heterocycles. The van der Waals surface area contributed by atoms with E-state index in [9.17, 15) is 18.0 Å². The summed E-state index contributed by atoms with van der Waals surface area (Å²) in [7, 11) is 0. The Bertz CT molecular complexity index is 1480. The van der Waals surface area contributed by atoms with Crippen molar-refractivity contribution in [1.29, 1.82) is 0 Å². The standard InChI is InChI=1S/C23H17F3N6O3S/c24-23(25,26)17-5-4-15-19(27)20(36-22(15)30-17)21(33)29-13-8-12-2-3-14(9-16(12)34-11-13)32-10-18-28-6-1-7-31(18)35-32/h1-7,9-10,13H,8,11,27H2,(H,29,33)/t13-/m1/s1. The van der Waals surface area contributed by atoms with Gasteiger partial charge in [-0.3, -0.25) is 4.79 Å². The number of nitrogens with two attached hydrogens (primary N) is 1. The fourth-order valence-corrected chi connectivity index (χ4v) is 5.04. The predicted octanol–water partition coefficient (Wildman–Crippen LogP) is 4.00. The molecule has 0 aliphatic carbocycles. The third kappa shape index (κ3) is 3.91. The van der Waals surface area contributed by atoms with E-state index in [0.29, 0.717) is 23.4 Å². The average Bonchev–Trinajstić information content (AvgIpc) is 3.44. The van der Waals surface area contributed by atoms with Crippen LogP contribution in [0.5, 0.6) is 5.75 Å². The first kappa shape index (κ1) is 22.4. The molecule has 0 spiro atoms. The zero-order chi connectivity index (χ0) is 25.0. The number of amides is 1. The lowest BCUT2D eigenvalue weighted by molar-refractivity contribution is -0.140. The number of aliphatic imine (C=N–C) groups is 1. The summed E-state index contributed by atoms with van der Waals surface area (Å²) in [6.45, 7) is 0.213. The number of carbonyl (C=O) groups is 1. The second-order valence-electron chi connectivity index (χ2n) is 8.21. The quantitative estimate of drug-likeness (QED) is 0.545. The third-order valence-electron chi connectivity index (χ3n) is 5.79. The zero-order valence-corrected chi connectivity index (χ0v) is 19.1. The molecule has 36 heavy (non-hydrogen) atoms. The molecular formula is C23H17F3N6O3S. The van der Waals surface area contributed by atoms with E-state index in [4.69, 9.17) is 15.4 Å². The van der Waals surface area contributed by atoms with Gasteiger partial charge < -0.3 is 15.8 Å². The molecule has 9 nitrogen and oxygen atoms in total. The topological polar surface area (TPSA) is 105 Å². The Morgan fingerprint density at radius 1 is 1.22 bits per heavy atom. The molecule has 0 radical (unpaired) electrons. The summed E-state index contributed by atoms with van der Waals surface area (Å²) in [5, 5.41) is 6.28. The minimum Gasteiger partial charge on any atom is -0.491 e. The molecule has 0 saturated heterocycles. The highest BCUT2D eigenvalue weighted by Gasteiger charge is 2.33. The van der Waals surface area contributed by atoms with Crippen molar-refractivity contribution in [2.45, 2.75) is 18.6 Å². The molecular weight excluding hydrogens is 497 g/mol. The van der Waals surface area contributed by atoms with Gasteiger partial charge in [-0.05, 0) is 36.3 Å². The van der Waals surface area contributed by atoms with Gasteiger partial charge in [0.15, 0.2) is 5.82 Å². The molecule has 0 unspecified atom stereocenters. The number of allylic oxidation sites excluding steroid dienone is 1. The Morgan fingerprint density at radius 3 is 2.89 bits per heavy atom. The minimum atomic E-state index is -4.58. The van der Waals surface area contributed by atoms with E-state index in [-0.39, 0.29) is 28.0 Å². The van der Waals surface area contributed by atoms with Crippen molar-refractivity contribution in [3.63, 3.8) is 0 Å². The molecule has 1 amide bonds. The van der Waals surface area contributed by atoms with Crippen molar-refractivity contribution < 1.29 is 27.6 Å². The van der Waals surface area contributed by atoms with Crippen LogP contribution in [-0.2, 0) is 17.5 Å². The molecule has 5 heterocycles. The highest BCUT2D eigenvalue weighted by molar-refractivity contribution is 7.21. The Hall–Kier alpha value is -4.10. The lowest BCUT2D eigenvalue weighted by atomic mass is 10.0. The lowest BCUT2D eigenvalue weighted by Crippen LogP contribution is -2.42. The summed E-state index contributed by atoms with van der Waals surface area (Å²) >= 11 is 0.828. The number of halogens is 3. The number of nitrogens with zero attached hydrogens (tertiary/aromatic N) is 4. The van der Waals surface area contributed by atoms with Gasteiger partial charge >= 0.3 is 6.18 Å². The molecule has 6 rings (SSSR count). The number of rotatable bonds is 3. The number of benzene rings is 1. The van der Waals surface area contributed by atoms with Gasteiger partial charge in [0.1, 0.15) is 27.8 Å². The Kier molecular flexibility index (Phi) is 5.12. The summed E-state index contributed by atoms with van der Waals surface area (Å²) in [6.07, 6.45) is 2.84. The molecule has 0 bridgehead atoms. The zero-order valence-electron chi connectivity index (χ0n) is 18.3. The highest BCUT2D eigenvalue weighted by atomic mass is 32.1. The van der Waals surface area contributed by atoms with Gasteiger partial charge in [-0.1, -0.05) is 6.07 Å². The van der Waals surface area contributed by atoms with Gasteiger partial charge in [0.2, 0.25) is 0 Å². The number of thiophene rings is 1. The number of nitrogen functional groups attached to an aromatic ring is 1. The molecule has 0 saturated carbocycles. The fraction of sp³-hybridized carbons (Fsp3) is 0.174. The molecule has 3 N–H and O–H groups in total. The first-order chi connectivity index (χ1) is 17.3. The summed E-state index contributed by atoms with van der Waals surface area (Å²) in [5.41, 5.74) is 6.76. The van der Waals surface area contributed by atoms with E-state index in [0.717, 1.165) is 28.7 Å². The molecule has 1 aromatic carbocycles. The Labute approximate surface area is 205 Å². The Balaban J connectivity index is 1.16. The van der Waals surface area contributed by atoms with E-state index >= 15 is 0 Å². The summed E-state index contributed by atoms with van der Waals surface area (Å²) < 4.78 is 44.9. The van der Waals surface area contributed by atoms with Gasteiger partial charge in [-0.2, -0.15) is 18.2 Å². The van der Waals surface area contributed by atoms with Crippen molar-refractivity contribution in [1.82, 2.24) is 15.4 Å². The molecule has 0 fully saturated rings. The van der Waals surface area contributed by atoms with Crippen molar-refractivity contribution in [2.75, 3.05) is 17.4 Å². The van der Waals surface area contributed by atoms with Crippen LogP contribution >= 0.6 is 11.3 Å². The van der Waals surface area contributed by atoms with Crippen LogP contribution in [0.2, 0.25) is 0 Å². The number of aromatic nitrogens is 1. The van der Waals surface area contributed by atoms with Crippen LogP contribution in [0, 0.1) is 0 Å². The number of nitrogens with one attached hydrogen (secondary N) is 1. The summed E-state index contributed by atoms with van der Waals surface area (Å²) in [6, 6.07) is 7.33. The fourth-order valence-electron chi connectivity index (χ4n) is 4.04. The number of hydrogen-bond acceptors (Lipinski definition) is 9. The number of ether oxygens (including phenoxy) is 1. The number of carbonyl (C=O) groups excluding carboxylic acids is 1. The second kappa shape index (κ2) is 8.24. The third-order valence-corrected chi connectivity index (χ3v) is 6.90. The van der Waals surface area contributed by atoms with Crippen LogP contribution < -0.4 is 20.9 Å². The molecule has 2 aromatic heterocycles. The first-order valence-electron chi connectivity index (χ1n) is 10.8. The molecule has 3 aliphatic rings. The van der Waals surface area contributed by atoms with Gasteiger partial charge in [0.25, 0.3) is 5.91 Å². The number of pyridine rings is 1. The predicted molar refractivity (Wildman–Crippen MR) is 127 cm³/mol. The van der Waals surface area contributed by atoms with E-state index < -0.39 is 17.8 Å². The van der Waals surface area contributed by atoms with Gasteiger partial charge in [-0.25, -0.2) is 15.0 Å². The van der Waals surface area contributed by atoms with E-state index in [1.807, 2.05) is 18.2 Å². The van der Waals surface area contributed by atoms with Crippen molar-refractivity contribution >= 4 is 45.0 Å². The average molecular weight is 514 g/mol. The van der Waals surface area contributed by atoms with E-state index in [1.54, 1.807) is 29.8 Å². The minimum absolute atomic E-state index is 0.0571. The summed E-state index contributed by atoms with van der Waals surface area (Å²) in [5.74, 6) is 0.818. The van der Waals surface area contributed by atoms with Crippen LogP contribution in [0.25, 0.3) is 10.2 Å². The number of hydroxylamine groups is 3. The number of alkyl halides is 3. The van der Waals surface area contributed by atoms with Crippen LogP contribution in [0.15, 0.2) is 59.6 Å². The van der Waals surface area contributed by atoms with Gasteiger partial charge in [0, 0.05) is 23.9 Å². The number of fused-ring (bicyclic) bond motifs is 3. The van der Waals surface area contributed by atoms with Crippen LogP contribution in [0.4, 0.5) is 24.5 Å². The van der Waals surface area contributed by atoms with Crippen LogP contribution in [-0.4, -0.2) is 34.8 Å². The molecule has 1 atom stereocenters. The highest BCUT2D eigenvalue weighted by Crippen LogP contribution is 2.37. The van der Waals surface area contributed by atoms with Crippen molar-refractivity contribution in [3.05, 3.63) is 70.8 Å². The monoisotopic (exact) mass is 514 g/mol. The Morgan fingerprint density at radius 2 is 2.08 bits per heavy atom. The maximum absolute atomic E-state index is 13.0. The van der Waals surface area contributed by atoms with Gasteiger partial charge in [0.05, 0.1) is 23.6 Å². The summed E-state index contributed by atoms with van der Waals surface area (Å²) in [4.78, 5) is 26.6. The largest absolute Gasteiger partial charge is 0.491 e. The SMILES string of the molecule is Nc1c(C(=O)N[C@H]2COc3cc(N4C=C5N=CC=CN5O4)ccc3C2)sc2nc(C(F)(F)F)ccc12. The molecule has 3 aromatic rings. The number of anilines is 2. The van der Waals surface area contributed by atoms with Crippen molar-refractivity contribution in [2.24, 2.45) is 4.99 Å². The van der Waals surface area contributed by atoms with Crippen LogP contribution in [0.3, 0.4) is 0 Å².